The van der Waals surface area contributed by atoms with E-state index in [0.29, 0.717) is 17.0 Å². The molecule has 2 aromatic rings. The van der Waals surface area contributed by atoms with E-state index in [1.807, 2.05) is 18.2 Å². The largest absolute Gasteiger partial charge is 0.497 e. The van der Waals surface area contributed by atoms with Crippen LogP contribution in [-0.4, -0.2) is 44.6 Å². The molecule has 2 rings (SSSR count). The number of nitrogens with one attached hydrogen (secondary N) is 1. The summed E-state index contributed by atoms with van der Waals surface area (Å²) < 4.78 is 10.2. The number of ether oxygens (including phenoxy) is 2. The van der Waals surface area contributed by atoms with Crippen LogP contribution in [0.4, 0.5) is 5.69 Å². The highest BCUT2D eigenvalue weighted by Crippen LogP contribution is 2.14. The lowest BCUT2D eigenvalue weighted by Crippen LogP contribution is -2.39. The molecule has 0 radical (unpaired) electrons. The van der Waals surface area contributed by atoms with Crippen LogP contribution < -0.4 is 15.0 Å². The van der Waals surface area contributed by atoms with Crippen molar-refractivity contribution in [3.8, 4) is 5.75 Å². The molecule has 0 fully saturated rings. The lowest BCUT2D eigenvalue weighted by Gasteiger charge is -2.21. The Bertz CT molecular complexity index is 807. The zero-order valence-electron chi connectivity index (χ0n) is 15.5. The van der Waals surface area contributed by atoms with Gasteiger partial charge in [0, 0.05) is 18.3 Å². The van der Waals surface area contributed by atoms with Crippen LogP contribution in [-0.2, 0) is 14.3 Å². The third-order valence-electron chi connectivity index (χ3n) is 3.86. The van der Waals surface area contributed by atoms with Gasteiger partial charge in [-0.3, -0.25) is 14.4 Å². The van der Waals surface area contributed by atoms with Crippen molar-refractivity contribution in [1.29, 1.82) is 0 Å². The highest BCUT2D eigenvalue weighted by Gasteiger charge is 2.22. The van der Waals surface area contributed by atoms with Crippen molar-refractivity contribution in [1.82, 2.24) is 5.32 Å². The molecule has 0 aliphatic rings. The standard InChI is InChI=1S/C20H22N2O5/c1-14(20(25)22(2)16-9-5-4-6-10-16)27-18(23)13-21-19(24)15-8-7-11-17(12-15)26-3/h4-12,14H,13H2,1-3H3,(H,21,24). The number of carbonyl (C=O) groups excluding carboxylic acids is 3. The third kappa shape index (κ3) is 5.57. The number of likely N-dealkylation sites (N-methyl/N-ethyl adjacent to an activating group) is 1. The average molecular weight is 370 g/mol. The first-order chi connectivity index (χ1) is 12.9. The summed E-state index contributed by atoms with van der Waals surface area (Å²) in [7, 11) is 3.10. The molecule has 0 aromatic heterocycles. The summed E-state index contributed by atoms with van der Waals surface area (Å²) in [6.07, 6.45) is -0.976. The molecule has 0 bridgehead atoms. The maximum absolute atomic E-state index is 12.4. The predicted octanol–water partition coefficient (Wildman–Crippen LogP) is 2.02. The van der Waals surface area contributed by atoms with E-state index in [9.17, 15) is 14.4 Å². The van der Waals surface area contributed by atoms with Crippen molar-refractivity contribution in [2.45, 2.75) is 13.0 Å². The number of benzene rings is 2. The molecular formula is C20H22N2O5. The fourth-order valence-corrected chi connectivity index (χ4v) is 2.36. The minimum Gasteiger partial charge on any atom is -0.497 e. The zero-order valence-corrected chi connectivity index (χ0v) is 15.5. The van der Waals surface area contributed by atoms with Crippen molar-refractivity contribution in [3.05, 3.63) is 60.2 Å². The molecule has 0 saturated heterocycles. The summed E-state index contributed by atoms with van der Waals surface area (Å²) in [5.41, 5.74) is 1.05. The maximum Gasteiger partial charge on any atom is 0.326 e. The number of anilines is 1. The second kappa shape index (κ2) is 9.38. The first-order valence-electron chi connectivity index (χ1n) is 8.36. The molecule has 2 amide bonds. The molecule has 2 aromatic carbocycles. The molecule has 7 nitrogen and oxygen atoms in total. The number of nitrogens with zero attached hydrogens (tertiary/aromatic N) is 1. The molecular weight excluding hydrogens is 348 g/mol. The highest BCUT2D eigenvalue weighted by molar-refractivity contribution is 5.98. The molecule has 27 heavy (non-hydrogen) atoms. The first kappa shape index (κ1) is 20.0. The maximum atomic E-state index is 12.4. The van der Waals surface area contributed by atoms with Gasteiger partial charge >= 0.3 is 5.97 Å². The van der Waals surface area contributed by atoms with E-state index in [1.165, 1.54) is 18.9 Å². The van der Waals surface area contributed by atoms with E-state index in [2.05, 4.69) is 5.32 Å². The normalized spacial score (nSPS) is 11.2. The van der Waals surface area contributed by atoms with Gasteiger partial charge in [0.1, 0.15) is 12.3 Å². The zero-order chi connectivity index (χ0) is 19.8. The van der Waals surface area contributed by atoms with Crippen LogP contribution in [0.5, 0.6) is 5.75 Å². The number of hydrogen-bond acceptors (Lipinski definition) is 5. The minimum absolute atomic E-state index is 0.345. The van der Waals surface area contributed by atoms with Crippen LogP contribution in [0.15, 0.2) is 54.6 Å². The van der Waals surface area contributed by atoms with Gasteiger partial charge in [0.25, 0.3) is 11.8 Å². The van der Waals surface area contributed by atoms with Gasteiger partial charge in [0.15, 0.2) is 6.10 Å². The summed E-state index contributed by atoms with van der Waals surface area (Å²) in [6, 6.07) is 15.6. The molecule has 1 unspecified atom stereocenters. The van der Waals surface area contributed by atoms with Crippen molar-refractivity contribution in [2.75, 3.05) is 25.6 Å². The van der Waals surface area contributed by atoms with E-state index in [1.54, 1.807) is 43.4 Å². The monoisotopic (exact) mass is 370 g/mol. The number of rotatable bonds is 7. The summed E-state index contributed by atoms with van der Waals surface area (Å²) in [5.74, 6) is -0.971. The Hall–Kier alpha value is -3.35. The van der Waals surface area contributed by atoms with Crippen LogP contribution in [0.3, 0.4) is 0 Å². The van der Waals surface area contributed by atoms with Crippen LogP contribution in [0, 0.1) is 0 Å². The number of hydrogen-bond donors (Lipinski definition) is 1. The highest BCUT2D eigenvalue weighted by atomic mass is 16.5. The van der Waals surface area contributed by atoms with Gasteiger partial charge in [0.05, 0.1) is 7.11 Å². The molecule has 0 spiro atoms. The molecule has 7 heteroatoms. The second-order valence-electron chi connectivity index (χ2n) is 5.78. The van der Waals surface area contributed by atoms with E-state index < -0.39 is 18.0 Å². The molecule has 1 atom stereocenters. The minimum atomic E-state index is -0.976. The fourth-order valence-electron chi connectivity index (χ4n) is 2.36. The Morgan fingerprint density at radius 3 is 2.44 bits per heavy atom. The summed E-state index contributed by atoms with van der Waals surface area (Å²) in [4.78, 5) is 37.8. The van der Waals surface area contributed by atoms with Gasteiger partial charge in [-0.15, -0.1) is 0 Å². The fraction of sp³-hybridized carbons (Fsp3) is 0.250. The second-order valence-corrected chi connectivity index (χ2v) is 5.78. The van der Waals surface area contributed by atoms with E-state index in [4.69, 9.17) is 9.47 Å². The lowest BCUT2D eigenvalue weighted by molar-refractivity contribution is -0.152. The number of esters is 1. The molecule has 0 saturated carbocycles. The Kier molecular flexibility index (Phi) is 6.93. The molecule has 0 heterocycles. The van der Waals surface area contributed by atoms with Gasteiger partial charge in [-0.25, -0.2) is 0 Å². The van der Waals surface area contributed by atoms with Crippen molar-refractivity contribution in [2.24, 2.45) is 0 Å². The Morgan fingerprint density at radius 1 is 1.07 bits per heavy atom. The van der Waals surface area contributed by atoms with Crippen molar-refractivity contribution < 1.29 is 23.9 Å². The Labute approximate surface area is 157 Å². The van der Waals surface area contributed by atoms with E-state index in [0.717, 1.165) is 0 Å². The number of amides is 2. The predicted molar refractivity (Wildman–Crippen MR) is 101 cm³/mol. The summed E-state index contributed by atoms with van der Waals surface area (Å²) >= 11 is 0. The van der Waals surface area contributed by atoms with Crippen molar-refractivity contribution in [3.63, 3.8) is 0 Å². The quantitative estimate of drug-likeness (QED) is 0.754. The summed E-state index contributed by atoms with van der Waals surface area (Å²) in [5, 5.41) is 2.46. The molecule has 0 aliphatic carbocycles. The van der Waals surface area contributed by atoms with Gasteiger partial charge < -0.3 is 19.7 Å². The number of carbonyl (C=O) groups is 3. The third-order valence-corrected chi connectivity index (χ3v) is 3.86. The van der Waals surface area contributed by atoms with Gasteiger partial charge in [0.2, 0.25) is 0 Å². The van der Waals surface area contributed by atoms with E-state index in [-0.39, 0.29) is 12.5 Å². The van der Waals surface area contributed by atoms with E-state index >= 15 is 0 Å². The van der Waals surface area contributed by atoms with Gasteiger partial charge in [-0.1, -0.05) is 24.3 Å². The number of methoxy groups -OCH3 is 1. The first-order valence-corrected chi connectivity index (χ1v) is 8.36. The molecule has 142 valence electrons. The molecule has 0 aliphatic heterocycles. The smallest absolute Gasteiger partial charge is 0.326 e. The molecule has 1 N–H and O–H groups in total. The SMILES string of the molecule is COc1cccc(C(=O)NCC(=O)OC(C)C(=O)N(C)c2ccccc2)c1. The van der Waals surface area contributed by atoms with Crippen LogP contribution in [0.1, 0.15) is 17.3 Å². The lowest BCUT2D eigenvalue weighted by atomic mass is 10.2. The van der Waals surface area contributed by atoms with Gasteiger partial charge in [-0.2, -0.15) is 0 Å². The van der Waals surface area contributed by atoms with Crippen LogP contribution in [0.2, 0.25) is 0 Å². The summed E-state index contributed by atoms with van der Waals surface area (Å²) in [6.45, 7) is 1.15. The average Bonchev–Trinajstić information content (AvgIpc) is 2.71. The Morgan fingerprint density at radius 2 is 1.78 bits per heavy atom. The van der Waals surface area contributed by atoms with Crippen LogP contribution in [0.25, 0.3) is 0 Å². The van der Waals surface area contributed by atoms with Crippen LogP contribution >= 0.6 is 0 Å². The Balaban J connectivity index is 1.85. The number of para-hydroxylation sites is 1. The van der Waals surface area contributed by atoms with Crippen molar-refractivity contribution >= 4 is 23.5 Å². The topological polar surface area (TPSA) is 84.9 Å². The van der Waals surface area contributed by atoms with Gasteiger partial charge in [-0.05, 0) is 37.3 Å².